The topological polar surface area (TPSA) is 29.5 Å². The summed E-state index contributed by atoms with van der Waals surface area (Å²) in [5.41, 5.74) is 1.79. The number of carbonyl (C=O) groups excluding carboxylic acids is 1. The van der Waals surface area contributed by atoms with Crippen LogP contribution in [0.4, 0.5) is 0 Å². The average molecular weight is 255 g/mol. The highest BCUT2D eigenvalue weighted by atomic mass is 16.7. The first-order chi connectivity index (χ1) is 9.25. The summed E-state index contributed by atoms with van der Waals surface area (Å²) >= 11 is 0. The molecule has 2 aromatic carbocycles. The molecule has 0 atom stereocenters. The van der Waals surface area contributed by atoms with Crippen molar-refractivity contribution in [1.82, 2.24) is 5.06 Å². The molecule has 0 saturated carbocycles. The van der Waals surface area contributed by atoms with Crippen LogP contribution in [0.5, 0.6) is 0 Å². The largest absolute Gasteiger partial charge is 0.364 e. The number of carbonyl (C=O) groups is 1. The van der Waals surface area contributed by atoms with E-state index in [2.05, 4.69) is 12.1 Å². The van der Waals surface area contributed by atoms with Gasteiger partial charge in [-0.2, -0.15) is 0 Å². The molecule has 19 heavy (non-hydrogen) atoms. The lowest BCUT2D eigenvalue weighted by Gasteiger charge is -2.16. The first-order valence-corrected chi connectivity index (χ1v) is 6.28. The van der Waals surface area contributed by atoms with Crippen molar-refractivity contribution in [3.05, 3.63) is 71.8 Å². The van der Waals surface area contributed by atoms with Gasteiger partial charge in [-0.3, -0.25) is 0 Å². The van der Waals surface area contributed by atoms with Crippen LogP contribution in [-0.2, 0) is 11.3 Å². The van der Waals surface area contributed by atoms with E-state index < -0.39 is 0 Å². The fourth-order valence-corrected chi connectivity index (χ4v) is 1.75. The van der Waals surface area contributed by atoms with Gasteiger partial charge in [0.25, 0.3) is 0 Å². The maximum absolute atomic E-state index is 11.8. The number of hydrogen-bond acceptors (Lipinski definition) is 3. The summed E-state index contributed by atoms with van der Waals surface area (Å²) in [7, 11) is 1.77. The van der Waals surface area contributed by atoms with E-state index in [0.29, 0.717) is 12.1 Å². The molecular weight excluding hydrogens is 238 g/mol. The Hall–Kier alpha value is -2.13. The summed E-state index contributed by atoms with van der Waals surface area (Å²) in [5.74, 6) is -0.323. The average Bonchev–Trinajstić information content (AvgIpc) is 2.47. The molecular formula is C16H17NO2. The Morgan fingerprint density at radius 1 is 1.00 bits per heavy atom. The van der Waals surface area contributed by atoms with Crippen molar-refractivity contribution in [2.45, 2.75) is 6.42 Å². The van der Waals surface area contributed by atoms with E-state index >= 15 is 0 Å². The third kappa shape index (κ3) is 4.23. The molecule has 2 aromatic rings. The van der Waals surface area contributed by atoms with Crippen LogP contribution in [0, 0.1) is 0 Å². The van der Waals surface area contributed by atoms with E-state index in [9.17, 15) is 4.79 Å². The molecule has 0 bridgehead atoms. The van der Waals surface area contributed by atoms with E-state index in [4.69, 9.17) is 4.84 Å². The van der Waals surface area contributed by atoms with Gasteiger partial charge in [-0.05, 0) is 24.1 Å². The van der Waals surface area contributed by atoms with Gasteiger partial charge in [0.05, 0.1) is 5.56 Å². The van der Waals surface area contributed by atoms with Crippen LogP contribution in [0.15, 0.2) is 60.7 Å². The molecule has 3 nitrogen and oxygen atoms in total. The van der Waals surface area contributed by atoms with Crippen molar-refractivity contribution >= 4 is 5.97 Å². The number of hydrogen-bond donors (Lipinski definition) is 0. The lowest BCUT2D eigenvalue weighted by atomic mass is 10.1. The molecule has 0 saturated heterocycles. The zero-order valence-corrected chi connectivity index (χ0v) is 11.0. The first kappa shape index (κ1) is 13.3. The zero-order chi connectivity index (χ0) is 13.5. The van der Waals surface area contributed by atoms with Crippen LogP contribution in [-0.4, -0.2) is 24.6 Å². The lowest BCUT2D eigenvalue weighted by Crippen LogP contribution is -2.25. The maximum atomic E-state index is 11.8. The zero-order valence-electron chi connectivity index (χ0n) is 11.0. The van der Waals surface area contributed by atoms with E-state index in [1.165, 1.54) is 5.56 Å². The van der Waals surface area contributed by atoms with Crippen LogP contribution >= 0.6 is 0 Å². The Labute approximate surface area is 113 Å². The van der Waals surface area contributed by atoms with Crippen LogP contribution in [0.25, 0.3) is 0 Å². The summed E-state index contributed by atoms with van der Waals surface area (Å²) in [6.07, 6.45) is 0.847. The summed E-state index contributed by atoms with van der Waals surface area (Å²) in [4.78, 5) is 17.1. The number of benzene rings is 2. The van der Waals surface area contributed by atoms with Crippen LogP contribution in [0.2, 0.25) is 0 Å². The monoisotopic (exact) mass is 255 g/mol. The van der Waals surface area contributed by atoms with Gasteiger partial charge in [-0.15, -0.1) is 5.06 Å². The smallest absolute Gasteiger partial charge is 0.357 e. The van der Waals surface area contributed by atoms with Gasteiger partial charge < -0.3 is 4.84 Å². The Bertz CT molecular complexity index is 511. The highest BCUT2D eigenvalue weighted by Gasteiger charge is 2.09. The van der Waals surface area contributed by atoms with Crippen molar-refractivity contribution in [2.24, 2.45) is 0 Å². The molecule has 0 fully saturated rings. The molecule has 0 amide bonds. The van der Waals surface area contributed by atoms with Gasteiger partial charge in [0.1, 0.15) is 0 Å². The minimum Gasteiger partial charge on any atom is -0.364 e. The summed E-state index contributed by atoms with van der Waals surface area (Å²) in [5, 5.41) is 1.57. The van der Waals surface area contributed by atoms with Crippen molar-refractivity contribution in [3.8, 4) is 0 Å². The predicted octanol–water partition coefficient (Wildman–Crippen LogP) is 2.93. The molecule has 0 aromatic heterocycles. The number of nitrogens with zero attached hydrogens (tertiary/aromatic N) is 1. The van der Waals surface area contributed by atoms with Crippen molar-refractivity contribution in [3.63, 3.8) is 0 Å². The first-order valence-electron chi connectivity index (χ1n) is 6.28. The van der Waals surface area contributed by atoms with Crippen molar-refractivity contribution in [1.29, 1.82) is 0 Å². The molecule has 0 aliphatic carbocycles. The molecule has 0 spiro atoms. The molecule has 0 heterocycles. The van der Waals surface area contributed by atoms with Gasteiger partial charge in [0, 0.05) is 13.6 Å². The Morgan fingerprint density at radius 2 is 1.58 bits per heavy atom. The standard InChI is InChI=1S/C16H17NO2/c1-17(13-12-14-8-4-2-5-9-14)19-16(18)15-10-6-3-7-11-15/h2-11H,12-13H2,1H3. The van der Waals surface area contributed by atoms with Crippen molar-refractivity contribution in [2.75, 3.05) is 13.6 Å². The fourth-order valence-electron chi connectivity index (χ4n) is 1.75. The van der Waals surface area contributed by atoms with Gasteiger partial charge in [-0.1, -0.05) is 48.5 Å². The van der Waals surface area contributed by atoms with Crippen molar-refractivity contribution < 1.29 is 9.63 Å². The van der Waals surface area contributed by atoms with Gasteiger partial charge in [0.15, 0.2) is 0 Å². The molecule has 0 radical (unpaired) electrons. The Kier molecular flexibility index (Phi) is 4.70. The third-order valence-electron chi connectivity index (χ3n) is 2.81. The number of hydroxylamine groups is 2. The maximum Gasteiger partial charge on any atom is 0.357 e. The van der Waals surface area contributed by atoms with Gasteiger partial charge in [-0.25, -0.2) is 4.79 Å². The molecule has 0 N–H and O–H groups in total. The van der Waals surface area contributed by atoms with E-state index in [1.54, 1.807) is 24.2 Å². The number of rotatable bonds is 5. The molecule has 0 unspecified atom stereocenters. The normalized spacial score (nSPS) is 10.4. The van der Waals surface area contributed by atoms with Crippen LogP contribution in [0.1, 0.15) is 15.9 Å². The fraction of sp³-hybridized carbons (Fsp3) is 0.188. The minimum atomic E-state index is -0.323. The third-order valence-corrected chi connectivity index (χ3v) is 2.81. The van der Waals surface area contributed by atoms with E-state index in [-0.39, 0.29) is 5.97 Å². The summed E-state index contributed by atoms with van der Waals surface area (Å²) in [6.45, 7) is 0.669. The highest BCUT2D eigenvalue weighted by molar-refractivity contribution is 5.89. The van der Waals surface area contributed by atoms with Crippen LogP contribution < -0.4 is 0 Å². The summed E-state index contributed by atoms with van der Waals surface area (Å²) < 4.78 is 0. The second-order valence-corrected chi connectivity index (χ2v) is 4.33. The molecule has 0 aliphatic heterocycles. The Balaban J connectivity index is 1.81. The SMILES string of the molecule is CN(CCc1ccccc1)OC(=O)c1ccccc1. The Morgan fingerprint density at radius 3 is 2.21 bits per heavy atom. The quantitative estimate of drug-likeness (QED) is 0.769. The second-order valence-electron chi connectivity index (χ2n) is 4.33. The van der Waals surface area contributed by atoms with E-state index in [1.807, 2.05) is 36.4 Å². The second kappa shape index (κ2) is 6.71. The van der Waals surface area contributed by atoms with Crippen LogP contribution in [0.3, 0.4) is 0 Å². The summed E-state index contributed by atoms with van der Waals surface area (Å²) in [6, 6.07) is 19.1. The molecule has 2 rings (SSSR count). The number of likely N-dealkylation sites (N-methyl/N-ethyl adjacent to an activating group) is 1. The lowest BCUT2D eigenvalue weighted by molar-refractivity contribution is -0.0894. The molecule has 0 aliphatic rings. The minimum absolute atomic E-state index is 0.323. The van der Waals surface area contributed by atoms with Gasteiger partial charge in [0.2, 0.25) is 0 Å². The molecule has 98 valence electrons. The van der Waals surface area contributed by atoms with Gasteiger partial charge >= 0.3 is 5.97 Å². The predicted molar refractivity (Wildman–Crippen MR) is 74.6 cm³/mol. The highest BCUT2D eigenvalue weighted by Crippen LogP contribution is 2.04. The van der Waals surface area contributed by atoms with E-state index in [0.717, 1.165) is 6.42 Å². The molecule has 3 heteroatoms.